The van der Waals surface area contributed by atoms with Gasteiger partial charge in [-0.3, -0.25) is 4.79 Å². The molecule has 0 aromatic carbocycles. The first-order valence-electron chi connectivity index (χ1n) is 7.93. The molecule has 5 nitrogen and oxygen atoms in total. The van der Waals surface area contributed by atoms with Crippen LogP contribution in [-0.4, -0.2) is 26.6 Å². The van der Waals surface area contributed by atoms with Crippen LogP contribution in [0.25, 0.3) is 10.2 Å². The molecule has 1 amide bonds. The fourth-order valence-electron chi connectivity index (χ4n) is 2.93. The SMILES string of the molecule is Cc1nc(SCC(=O)Nc2ccc(Cl)cn2)c2c3c(sc2n1)CCC3. The van der Waals surface area contributed by atoms with Crippen molar-refractivity contribution in [2.24, 2.45) is 0 Å². The van der Waals surface area contributed by atoms with Crippen molar-refractivity contribution in [3.05, 3.63) is 39.6 Å². The molecule has 0 saturated heterocycles. The molecule has 3 aromatic heterocycles. The largest absolute Gasteiger partial charge is 0.310 e. The Hall–Kier alpha value is -1.70. The zero-order valence-corrected chi connectivity index (χ0v) is 15.9. The van der Waals surface area contributed by atoms with Gasteiger partial charge in [0.2, 0.25) is 5.91 Å². The highest BCUT2D eigenvalue weighted by atomic mass is 35.5. The van der Waals surface area contributed by atoms with Gasteiger partial charge in [-0.25, -0.2) is 15.0 Å². The van der Waals surface area contributed by atoms with E-state index in [-0.39, 0.29) is 11.7 Å². The number of pyridine rings is 1. The Bertz CT molecular complexity index is 955. The maximum absolute atomic E-state index is 12.2. The number of hydrogen-bond donors (Lipinski definition) is 1. The van der Waals surface area contributed by atoms with E-state index in [2.05, 4.69) is 20.3 Å². The predicted molar refractivity (Wildman–Crippen MR) is 103 cm³/mol. The second-order valence-electron chi connectivity index (χ2n) is 5.81. The fourth-order valence-corrected chi connectivity index (χ4v) is 5.32. The van der Waals surface area contributed by atoms with Gasteiger partial charge in [-0.15, -0.1) is 11.3 Å². The number of rotatable bonds is 4. The maximum Gasteiger partial charge on any atom is 0.235 e. The number of halogens is 1. The van der Waals surface area contributed by atoms with E-state index in [1.807, 2.05) is 6.92 Å². The van der Waals surface area contributed by atoms with Gasteiger partial charge in [0.15, 0.2) is 0 Å². The summed E-state index contributed by atoms with van der Waals surface area (Å²) in [4.78, 5) is 27.9. The molecule has 0 bridgehead atoms. The molecule has 25 heavy (non-hydrogen) atoms. The average Bonchev–Trinajstić information content (AvgIpc) is 3.15. The molecular formula is C17H15ClN4OS2. The molecule has 3 heterocycles. The van der Waals surface area contributed by atoms with Crippen LogP contribution in [0.15, 0.2) is 23.4 Å². The van der Waals surface area contributed by atoms with Gasteiger partial charge in [0, 0.05) is 16.5 Å². The molecule has 0 atom stereocenters. The lowest BCUT2D eigenvalue weighted by Crippen LogP contribution is -2.15. The van der Waals surface area contributed by atoms with E-state index in [0.717, 1.165) is 33.9 Å². The smallest absolute Gasteiger partial charge is 0.235 e. The average molecular weight is 391 g/mol. The maximum atomic E-state index is 12.2. The molecule has 4 rings (SSSR count). The normalized spacial score (nSPS) is 13.2. The van der Waals surface area contributed by atoms with E-state index in [4.69, 9.17) is 11.6 Å². The van der Waals surface area contributed by atoms with Gasteiger partial charge in [0.05, 0.1) is 10.8 Å². The lowest BCUT2D eigenvalue weighted by Gasteiger charge is -2.06. The zero-order valence-electron chi connectivity index (χ0n) is 13.5. The second kappa shape index (κ2) is 6.90. The molecule has 0 unspecified atom stereocenters. The second-order valence-corrected chi connectivity index (χ2v) is 8.30. The van der Waals surface area contributed by atoms with Crippen molar-refractivity contribution in [1.29, 1.82) is 0 Å². The molecule has 0 spiro atoms. The number of aryl methyl sites for hydroxylation is 3. The van der Waals surface area contributed by atoms with E-state index >= 15 is 0 Å². The first-order valence-corrected chi connectivity index (χ1v) is 10.1. The van der Waals surface area contributed by atoms with Crippen LogP contribution < -0.4 is 5.32 Å². The van der Waals surface area contributed by atoms with Crippen LogP contribution in [0.1, 0.15) is 22.7 Å². The summed E-state index contributed by atoms with van der Waals surface area (Å²) in [5.74, 6) is 1.40. The van der Waals surface area contributed by atoms with Gasteiger partial charge in [-0.2, -0.15) is 0 Å². The summed E-state index contributed by atoms with van der Waals surface area (Å²) in [6, 6.07) is 3.38. The summed E-state index contributed by atoms with van der Waals surface area (Å²) in [5.41, 5.74) is 1.38. The topological polar surface area (TPSA) is 67.8 Å². The van der Waals surface area contributed by atoms with Gasteiger partial charge in [-0.1, -0.05) is 23.4 Å². The van der Waals surface area contributed by atoms with E-state index in [1.165, 1.54) is 34.8 Å². The number of carbonyl (C=O) groups is 1. The van der Waals surface area contributed by atoms with Crippen molar-refractivity contribution < 1.29 is 4.79 Å². The molecule has 0 radical (unpaired) electrons. The molecule has 1 aliphatic rings. The molecule has 0 aliphatic heterocycles. The van der Waals surface area contributed by atoms with Crippen LogP contribution in [0, 0.1) is 6.92 Å². The summed E-state index contributed by atoms with van der Waals surface area (Å²) >= 11 is 9.02. The molecule has 0 saturated carbocycles. The predicted octanol–water partition coefficient (Wildman–Crippen LogP) is 4.27. The van der Waals surface area contributed by atoms with Crippen LogP contribution in [0.4, 0.5) is 5.82 Å². The van der Waals surface area contributed by atoms with Gasteiger partial charge in [-0.05, 0) is 43.9 Å². The number of aromatic nitrogens is 3. The van der Waals surface area contributed by atoms with Crippen LogP contribution >= 0.6 is 34.7 Å². The van der Waals surface area contributed by atoms with Crippen molar-refractivity contribution in [3.63, 3.8) is 0 Å². The molecule has 8 heteroatoms. The van der Waals surface area contributed by atoms with E-state index in [1.54, 1.807) is 23.5 Å². The number of anilines is 1. The summed E-state index contributed by atoms with van der Waals surface area (Å²) in [5, 5.41) is 5.37. The Morgan fingerprint density at radius 1 is 1.36 bits per heavy atom. The van der Waals surface area contributed by atoms with Gasteiger partial charge in [0.1, 0.15) is 21.5 Å². The van der Waals surface area contributed by atoms with Crippen molar-refractivity contribution in [1.82, 2.24) is 15.0 Å². The summed E-state index contributed by atoms with van der Waals surface area (Å²) < 4.78 is 0. The highest BCUT2D eigenvalue weighted by molar-refractivity contribution is 8.00. The number of hydrogen-bond acceptors (Lipinski definition) is 6. The lowest BCUT2D eigenvalue weighted by atomic mass is 10.2. The Balaban J connectivity index is 1.52. The van der Waals surface area contributed by atoms with Gasteiger partial charge >= 0.3 is 0 Å². The first-order chi connectivity index (χ1) is 12.1. The summed E-state index contributed by atoms with van der Waals surface area (Å²) in [6.07, 6.45) is 4.91. The number of carbonyl (C=O) groups excluding carboxylic acids is 1. The summed E-state index contributed by atoms with van der Waals surface area (Å²) in [7, 11) is 0. The van der Waals surface area contributed by atoms with Crippen molar-refractivity contribution in [3.8, 4) is 0 Å². The molecule has 0 fully saturated rings. The van der Waals surface area contributed by atoms with E-state index in [9.17, 15) is 4.79 Å². The number of thiophene rings is 1. The molecular weight excluding hydrogens is 376 g/mol. The van der Waals surface area contributed by atoms with Crippen molar-refractivity contribution >= 4 is 56.6 Å². The van der Waals surface area contributed by atoms with E-state index in [0.29, 0.717) is 10.8 Å². The van der Waals surface area contributed by atoms with Crippen LogP contribution in [0.5, 0.6) is 0 Å². The number of thioether (sulfide) groups is 1. The molecule has 1 N–H and O–H groups in total. The third-order valence-electron chi connectivity index (χ3n) is 3.98. The third-order valence-corrected chi connectivity index (χ3v) is 6.36. The van der Waals surface area contributed by atoms with Crippen LogP contribution in [0.3, 0.4) is 0 Å². The number of nitrogens with zero attached hydrogens (tertiary/aromatic N) is 3. The minimum absolute atomic E-state index is 0.115. The third kappa shape index (κ3) is 3.49. The first kappa shape index (κ1) is 16.8. The number of nitrogens with one attached hydrogen (secondary N) is 1. The Morgan fingerprint density at radius 2 is 2.24 bits per heavy atom. The highest BCUT2D eigenvalue weighted by Gasteiger charge is 2.22. The highest BCUT2D eigenvalue weighted by Crippen LogP contribution is 2.40. The lowest BCUT2D eigenvalue weighted by molar-refractivity contribution is -0.113. The number of amides is 1. The minimum Gasteiger partial charge on any atom is -0.310 e. The minimum atomic E-state index is -0.115. The molecule has 128 valence electrons. The quantitative estimate of drug-likeness (QED) is 0.532. The standard InChI is InChI=1S/C17H15ClN4OS2/c1-9-20-16(15-11-3-2-4-12(11)25-17(15)21-9)24-8-14(23)22-13-6-5-10(18)7-19-13/h5-7H,2-4,8H2,1H3,(H,19,22,23). The Morgan fingerprint density at radius 3 is 3.04 bits per heavy atom. The summed E-state index contributed by atoms with van der Waals surface area (Å²) in [6.45, 7) is 1.89. The molecule has 1 aliphatic carbocycles. The monoisotopic (exact) mass is 390 g/mol. The Kier molecular flexibility index (Phi) is 4.62. The van der Waals surface area contributed by atoms with Crippen molar-refractivity contribution in [2.45, 2.75) is 31.2 Å². The van der Waals surface area contributed by atoms with Gasteiger partial charge in [0.25, 0.3) is 0 Å². The Labute approximate surface area is 158 Å². The fraction of sp³-hybridized carbons (Fsp3) is 0.294. The zero-order chi connectivity index (χ0) is 17.4. The number of fused-ring (bicyclic) bond motifs is 3. The van der Waals surface area contributed by atoms with Crippen molar-refractivity contribution in [2.75, 3.05) is 11.1 Å². The van der Waals surface area contributed by atoms with Crippen LogP contribution in [0.2, 0.25) is 5.02 Å². The molecule has 3 aromatic rings. The van der Waals surface area contributed by atoms with Crippen LogP contribution in [-0.2, 0) is 17.6 Å². The van der Waals surface area contributed by atoms with E-state index < -0.39 is 0 Å². The van der Waals surface area contributed by atoms with Gasteiger partial charge < -0.3 is 5.32 Å².